The lowest BCUT2D eigenvalue weighted by molar-refractivity contribution is -0.142. The number of hydrogen-bond donors (Lipinski definition) is 1. The first kappa shape index (κ1) is 21.0. The molecular weight excluding hydrogens is 385 g/mol. The summed E-state index contributed by atoms with van der Waals surface area (Å²) in [5.41, 5.74) is 4.54. The standard InChI is InChI=1S/C23H22FN3O3/c1-15-7-10-20(11-8-15)27-17(3)23(16(2)26-27)25-21(28)14-30-22(29)12-9-18-5-4-6-19(24)13-18/h4-13H,14H2,1-3H3,(H,25,28)/b12-9+. The molecule has 1 N–H and O–H groups in total. The zero-order valence-corrected chi connectivity index (χ0v) is 17.0. The van der Waals surface area contributed by atoms with Gasteiger partial charge in [-0.05, 0) is 56.7 Å². The molecule has 0 aliphatic heterocycles. The van der Waals surface area contributed by atoms with Crippen molar-refractivity contribution >= 4 is 23.6 Å². The number of rotatable bonds is 6. The number of aromatic nitrogens is 2. The number of hydrogen-bond acceptors (Lipinski definition) is 4. The first-order valence-corrected chi connectivity index (χ1v) is 9.37. The van der Waals surface area contributed by atoms with Gasteiger partial charge in [0.15, 0.2) is 6.61 Å². The van der Waals surface area contributed by atoms with Crippen LogP contribution in [0.1, 0.15) is 22.5 Å². The topological polar surface area (TPSA) is 73.2 Å². The van der Waals surface area contributed by atoms with Gasteiger partial charge in [-0.1, -0.05) is 29.8 Å². The van der Waals surface area contributed by atoms with Crippen molar-refractivity contribution in [2.45, 2.75) is 20.8 Å². The highest BCUT2D eigenvalue weighted by Gasteiger charge is 2.16. The number of nitrogens with one attached hydrogen (secondary N) is 1. The molecule has 6 nitrogen and oxygen atoms in total. The number of benzene rings is 2. The number of amides is 1. The lowest BCUT2D eigenvalue weighted by Gasteiger charge is -2.07. The summed E-state index contributed by atoms with van der Waals surface area (Å²) in [6, 6.07) is 13.7. The van der Waals surface area contributed by atoms with Gasteiger partial charge in [0.25, 0.3) is 5.91 Å². The second-order valence-electron chi connectivity index (χ2n) is 6.84. The SMILES string of the molecule is Cc1ccc(-n2nc(C)c(NC(=O)COC(=O)/C=C/c3cccc(F)c3)c2C)cc1. The Bertz CT molecular complexity index is 1100. The molecular formula is C23H22FN3O3. The Balaban J connectivity index is 1.59. The van der Waals surface area contributed by atoms with Crippen molar-refractivity contribution in [1.29, 1.82) is 0 Å². The molecule has 2 aromatic carbocycles. The van der Waals surface area contributed by atoms with E-state index in [-0.39, 0.29) is 0 Å². The quantitative estimate of drug-likeness (QED) is 0.493. The van der Waals surface area contributed by atoms with E-state index in [4.69, 9.17) is 4.74 Å². The van der Waals surface area contributed by atoms with Gasteiger partial charge in [-0.2, -0.15) is 5.10 Å². The molecule has 1 aromatic heterocycles. The molecule has 0 saturated carbocycles. The van der Waals surface area contributed by atoms with Crippen molar-refractivity contribution in [2.75, 3.05) is 11.9 Å². The van der Waals surface area contributed by atoms with E-state index in [1.807, 2.05) is 38.1 Å². The van der Waals surface area contributed by atoms with Crippen LogP contribution in [0.25, 0.3) is 11.8 Å². The minimum atomic E-state index is -0.696. The lowest BCUT2D eigenvalue weighted by Crippen LogP contribution is -2.20. The predicted octanol–water partition coefficient (Wildman–Crippen LogP) is 4.13. The molecule has 30 heavy (non-hydrogen) atoms. The van der Waals surface area contributed by atoms with Gasteiger partial charge in [-0.3, -0.25) is 4.79 Å². The fraction of sp³-hybridized carbons (Fsp3) is 0.174. The number of carbonyl (C=O) groups excluding carboxylic acids is 2. The molecule has 0 aliphatic carbocycles. The third-order valence-electron chi connectivity index (χ3n) is 4.44. The Morgan fingerprint density at radius 2 is 1.87 bits per heavy atom. The fourth-order valence-electron chi connectivity index (χ4n) is 2.90. The van der Waals surface area contributed by atoms with Crippen LogP contribution in [0.2, 0.25) is 0 Å². The largest absolute Gasteiger partial charge is 0.452 e. The van der Waals surface area contributed by atoms with Gasteiger partial charge in [0.1, 0.15) is 5.82 Å². The summed E-state index contributed by atoms with van der Waals surface area (Å²) in [7, 11) is 0. The minimum absolute atomic E-state index is 0.401. The van der Waals surface area contributed by atoms with Crippen LogP contribution in [-0.2, 0) is 14.3 Å². The van der Waals surface area contributed by atoms with Gasteiger partial charge in [-0.15, -0.1) is 0 Å². The summed E-state index contributed by atoms with van der Waals surface area (Å²) >= 11 is 0. The van der Waals surface area contributed by atoms with E-state index >= 15 is 0 Å². The van der Waals surface area contributed by atoms with Gasteiger partial charge in [0.2, 0.25) is 0 Å². The zero-order chi connectivity index (χ0) is 21.7. The van der Waals surface area contributed by atoms with Crippen molar-refractivity contribution in [3.05, 3.63) is 82.9 Å². The van der Waals surface area contributed by atoms with E-state index < -0.39 is 24.3 Å². The second kappa shape index (κ2) is 9.17. The number of halogens is 1. The van der Waals surface area contributed by atoms with Crippen LogP contribution >= 0.6 is 0 Å². The van der Waals surface area contributed by atoms with Gasteiger partial charge in [0.05, 0.1) is 22.8 Å². The Hall–Kier alpha value is -3.74. The van der Waals surface area contributed by atoms with E-state index in [0.717, 1.165) is 23.0 Å². The molecule has 154 valence electrons. The zero-order valence-electron chi connectivity index (χ0n) is 17.0. The van der Waals surface area contributed by atoms with Crippen LogP contribution in [-0.4, -0.2) is 28.3 Å². The molecule has 0 unspecified atom stereocenters. The average Bonchev–Trinajstić information content (AvgIpc) is 2.99. The molecule has 0 fully saturated rings. The first-order valence-electron chi connectivity index (χ1n) is 9.37. The van der Waals surface area contributed by atoms with E-state index in [0.29, 0.717) is 16.9 Å². The third kappa shape index (κ3) is 5.20. The van der Waals surface area contributed by atoms with Crippen LogP contribution in [0.3, 0.4) is 0 Å². The molecule has 1 amide bonds. The Kier molecular flexibility index (Phi) is 6.41. The summed E-state index contributed by atoms with van der Waals surface area (Å²) in [5, 5.41) is 7.22. The van der Waals surface area contributed by atoms with Crippen molar-refractivity contribution < 1.29 is 18.7 Å². The maximum absolute atomic E-state index is 13.1. The molecule has 0 radical (unpaired) electrons. The highest BCUT2D eigenvalue weighted by atomic mass is 19.1. The van der Waals surface area contributed by atoms with Gasteiger partial charge < -0.3 is 10.1 Å². The Morgan fingerprint density at radius 3 is 2.57 bits per heavy atom. The molecule has 3 rings (SSSR count). The van der Waals surface area contributed by atoms with E-state index in [9.17, 15) is 14.0 Å². The van der Waals surface area contributed by atoms with Gasteiger partial charge in [0, 0.05) is 6.08 Å². The van der Waals surface area contributed by atoms with Crippen molar-refractivity contribution in [3.63, 3.8) is 0 Å². The fourth-order valence-corrected chi connectivity index (χ4v) is 2.90. The van der Waals surface area contributed by atoms with Crippen LogP contribution in [0.5, 0.6) is 0 Å². The normalized spacial score (nSPS) is 10.9. The highest BCUT2D eigenvalue weighted by molar-refractivity contribution is 5.95. The lowest BCUT2D eigenvalue weighted by atomic mass is 10.2. The smallest absolute Gasteiger partial charge is 0.331 e. The Morgan fingerprint density at radius 1 is 1.13 bits per heavy atom. The average molecular weight is 407 g/mol. The summed E-state index contributed by atoms with van der Waals surface area (Å²) < 4.78 is 19.8. The van der Waals surface area contributed by atoms with Crippen LogP contribution in [0.4, 0.5) is 10.1 Å². The van der Waals surface area contributed by atoms with Crippen LogP contribution in [0, 0.1) is 26.6 Å². The van der Waals surface area contributed by atoms with Crippen LogP contribution in [0.15, 0.2) is 54.6 Å². The maximum atomic E-state index is 13.1. The molecule has 0 saturated heterocycles. The molecule has 1 heterocycles. The van der Waals surface area contributed by atoms with E-state index in [1.54, 1.807) is 17.7 Å². The third-order valence-corrected chi connectivity index (χ3v) is 4.44. The summed E-state index contributed by atoms with van der Waals surface area (Å²) in [6.45, 7) is 5.20. The molecule has 0 bridgehead atoms. The van der Waals surface area contributed by atoms with Crippen LogP contribution < -0.4 is 5.32 Å². The number of nitrogens with zero attached hydrogens (tertiary/aromatic N) is 2. The number of carbonyl (C=O) groups is 2. The van der Waals surface area contributed by atoms with Gasteiger partial charge >= 0.3 is 5.97 Å². The number of ether oxygens (including phenoxy) is 1. The highest BCUT2D eigenvalue weighted by Crippen LogP contribution is 2.23. The number of anilines is 1. The summed E-state index contributed by atoms with van der Waals surface area (Å²) in [6.07, 6.45) is 2.57. The second-order valence-corrected chi connectivity index (χ2v) is 6.84. The summed E-state index contributed by atoms with van der Waals surface area (Å²) in [5.74, 6) is -1.57. The van der Waals surface area contributed by atoms with Crippen molar-refractivity contribution in [3.8, 4) is 5.69 Å². The first-order chi connectivity index (χ1) is 14.3. The van der Waals surface area contributed by atoms with E-state index in [1.165, 1.54) is 24.3 Å². The molecule has 0 aliphatic rings. The summed E-state index contributed by atoms with van der Waals surface area (Å²) in [4.78, 5) is 24.0. The molecule has 0 spiro atoms. The monoisotopic (exact) mass is 407 g/mol. The van der Waals surface area contributed by atoms with Crippen molar-refractivity contribution in [2.24, 2.45) is 0 Å². The molecule has 7 heteroatoms. The number of esters is 1. The molecule has 0 atom stereocenters. The predicted molar refractivity (Wildman–Crippen MR) is 113 cm³/mol. The maximum Gasteiger partial charge on any atom is 0.331 e. The molecule has 3 aromatic rings. The minimum Gasteiger partial charge on any atom is -0.452 e. The van der Waals surface area contributed by atoms with Crippen molar-refractivity contribution in [1.82, 2.24) is 9.78 Å². The van der Waals surface area contributed by atoms with Gasteiger partial charge in [-0.25, -0.2) is 13.9 Å². The van der Waals surface area contributed by atoms with E-state index in [2.05, 4.69) is 10.4 Å². The number of aryl methyl sites for hydroxylation is 2. The Labute approximate surface area is 174 Å².